The number of nitrogens with zero attached hydrogens (tertiary/aromatic N) is 3. The van der Waals surface area contributed by atoms with Crippen LogP contribution in [0.3, 0.4) is 0 Å². The first-order valence-corrected chi connectivity index (χ1v) is 5.01. The molecule has 1 aliphatic carbocycles. The second-order valence-electron chi connectivity index (χ2n) is 3.75. The van der Waals surface area contributed by atoms with E-state index in [0.29, 0.717) is 0 Å². The van der Waals surface area contributed by atoms with Crippen LogP contribution in [0.2, 0.25) is 0 Å². The standard InChI is InChI=1S/C10H15N3O/c1-13-10(7-11-12-13)8-4-2-3-5-9(14)6-8/h6-7,9,14H,2-5H2,1H3. The predicted octanol–water partition coefficient (Wildman–Crippen LogP) is 1.13. The summed E-state index contributed by atoms with van der Waals surface area (Å²) in [5.41, 5.74) is 2.19. The average molecular weight is 193 g/mol. The fourth-order valence-corrected chi connectivity index (χ4v) is 1.86. The highest BCUT2D eigenvalue weighted by molar-refractivity contribution is 5.62. The molecule has 1 atom stereocenters. The summed E-state index contributed by atoms with van der Waals surface area (Å²) in [7, 11) is 1.88. The molecule has 2 rings (SSSR count). The second-order valence-corrected chi connectivity index (χ2v) is 3.75. The molecule has 1 aromatic heterocycles. The van der Waals surface area contributed by atoms with Crippen molar-refractivity contribution in [3.8, 4) is 0 Å². The number of rotatable bonds is 1. The van der Waals surface area contributed by atoms with E-state index in [1.807, 2.05) is 13.1 Å². The lowest BCUT2D eigenvalue weighted by Crippen LogP contribution is -2.02. The maximum atomic E-state index is 9.62. The zero-order valence-corrected chi connectivity index (χ0v) is 8.35. The van der Waals surface area contributed by atoms with Gasteiger partial charge in [0.25, 0.3) is 0 Å². The van der Waals surface area contributed by atoms with Crippen molar-refractivity contribution >= 4 is 5.57 Å². The number of aryl methyl sites for hydroxylation is 1. The molecule has 1 unspecified atom stereocenters. The van der Waals surface area contributed by atoms with E-state index in [-0.39, 0.29) is 6.10 Å². The number of aromatic nitrogens is 3. The second kappa shape index (κ2) is 3.92. The van der Waals surface area contributed by atoms with Crippen LogP contribution in [0.1, 0.15) is 31.4 Å². The van der Waals surface area contributed by atoms with Crippen molar-refractivity contribution in [2.45, 2.75) is 31.8 Å². The molecule has 0 saturated heterocycles. The Kier molecular flexibility index (Phi) is 2.63. The molecule has 0 saturated carbocycles. The van der Waals surface area contributed by atoms with Gasteiger partial charge in [0, 0.05) is 7.05 Å². The van der Waals surface area contributed by atoms with E-state index in [2.05, 4.69) is 10.3 Å². The summed E-state index contributed by atoms with van der Waals surface area (Å²) < 4.78 is 1.75. The Balaban J connectivity index is 2.28. The zero-order chi connectivity index (χ0) is 9.97. The van der Waals surface area contributed by atoms with Gasteiger partial charge in [-0.2, -0.15) is 0 Å². The molecular weight excluding hydrogens is 178 g/mol. The van der Waals surface area contributed by atoms with Gasteiger partial charge in [0.15, 0.2) is 0 Å². The fourth-order valence-electron chi connectivity index (χ4n) is 1.86. The zero-order valence-electron chi connectivity index (χ0n) is 8.35. The van der Waals surface area contributed by atoms with Gasteiger partial charge >= 0.3 is 0 Å². The molecule has 76 valence electrons. The molecule has 0 radical (unpaired) electrons. The fraction of sp³-hybridized carbons (Fsp3) is 0.600. The Hall–Kier alpha value is -1.16. The normalized spacial score (nSPS) is 23.0. The van der Waals surface area contributed by atoms with E-state index in [9.17, 15) is 5.11 Å². The third-order valence-electron chi connectivity index (χ3n) is 2.63. The highest BCUT2D eigenvalue weighted by atomic mass is 16.3. The molecule has 0 fully saturated rings. The van der Waals surface area contributed by atoms with Crippen molar-refractivity contribution in [3.05, 3.63) is 18.0 Å². The molecule has 4 nitrogen and oxygen atoms in total. The van der Waals surface area contributed by atoms with Gasteiger partial charge in [-0.05, 0) is 24.8 Å². The van der Waals surface area contributed by atoms with Crippen LogP contribution in [0, 0.1) is 0 Å². The SMILES string of the molecule is Cn1nncc1C1=CC(O)CCCC1. The van der Waals surface area contributed by atoms with Gasteiger partial charge < -0.3 is 5.11 Å². The van der Waals surface area contributed by atoms with E-state index in [0.717, 1.165) is 31.4 Å². The average Bonchev–Trinajstić information content (AvgIpc) is 2.45. The highest BCUT2D eigenvalue weighted by Crippen LogP contribution is 2.24. The molecule has 0 aromatic carbocycles. The first-order chi connectivity index (χ1) is 6.77. The monoisotopic (exact) mass is 193 g/mol. The van der Waals surface area contributed by atoms with Crippen molar-refractivity contribution in [2.24, 2.45) is 7.05 Å². The van der Waals surface area contributed by atoms with E-state index in [1.54, 1.807) is 10.9 Å². The van der Waals surface area contributed by atoms with Crippen LogP contribution in [0.15, 0.2) is 12.3 Å². The van der Waals surface area contributed by atoms with Crippen LogP contribution in [0.25, 0.3) is 5.57 Å². The van der Waals surface area contributed by atoms with Gasteiger partial charge in [-0.3, -0.25) is 0 Å². The quantitative estimate of drug-likeness (QED) is 0.727. The molecule has 14 heavy (non-hydrogen) atoms. The van der Waals surface area contributed by atoms with Gasteiger partial charge in [0.05, 0.1) is 18.0 Å². The Bertz CT molecular complexity index is 343. The minimum atomic E-state index is -0.303. The molecule has 0 amide bonds. The predicted molar refractivity (Wildman–Crippen MR) is 53.5 cm³/mol. The van der Waals surface area contributed by atoms with Crippen LogP contribution >= 0.6 is 0 Å². The van der Waals surface area contributed by atoms with Crippen molar-refractivity contribution in [3.63, 3.8) is 0 Å². The van der Waals surface area contributed by atoms with Crippen molar-refractivity contribution in [1.82, 2.24) is 15.0 Å². The largest absolute Gasteiger partial charge is 0.389 e. The molecular formula is C10H15N3O. The summed E-state index contributed by atoms with van der Waals surface area (Å²) in [6, 6.07) is 0. The van der Waals surface area contributed by atoms with Gasteiger partial charge in [0.1, 0.15) is 0 Å². The summed E-state index contributed by atoms with van der Waals surface area (Å²) in [4.78, 5) is 0. The van der Waals surface area contributed by atoms with Gasteiger partial charge in [-0.25, -0.2) is 4.68 Å². The van der Waals surface area contributed by atoms with Crippen LogP contribution < -0.4 is 0 Å². The van der Waals surface area contributed by atoms with E-state index < -0.39 is 0 Å². The summed E-state index contributed by atoms with van der Waals surface area (Å²) in [5, 5.41) is 17.4. The van der Waals surface area contributed by atoms with Crippen molar-refractivity contribution < 1.29 is 5.11 Å². The first-order valence-electron chi connectivity index (χ1n) is 5.01. The molecule has 4 heteroatoms. The molecule has 1 aromatic rings. The lowest BCUT2D eigenvalue weighted by Gasteiger charge is -2.05. The van der Waals surface area contributed by atoms with E-state index >= 15 is 0 Å². The lowest BCUT2D eigenvalue weighted by atomic mass is 10.1. The van der Waals surface area contributed by atoms with E-state index in [4.69, 9.17) is 0 Å². The molecule has 1 aliphatic rings. The minimum absolute atomic E-state index is 0.303. The van der Waals surface area contributed by atoms with Gasteiger partial charge in [-0.15, -0.1) is 5.10 Å². The lowest BCUT2D eigenvalue weighted by molar-refractivity contribution is 0.211. The van der Waals surface area contributed by atoms with Crippen LogP contribution in [-0.4, -0.2) is 26.2 Å². The van der Waals surface area contributed by atoms with Crippen LogP contribution in [0.5, 0.6) is 0 Å². The number of allylic oxidation sites excluding steroid dienone is 1. The highest BCUT2D eigenvalue weighted by Gasteiger charge is 2.13. The maximum absolute atomic E-state index is 9.62. The van der Waals surface area contributed by atoms with Crippen LogP contribution in [-0.2, 0) is 7.05 Å². The summed E-state index contributed by atoms with van der Waals surface area (Å²) >= 11 is 0. The summed E-state index contributed by atoms with van der Waals surface area (Å²) in [5.74, 6) is 0. The number of hydrogen-bond acceptors (Lipinski definition) is 3. The maximum Gasteiger partial charge on any atom is 0.0839 e. The molecule has 0 aliphatic heterocycles. The Morgan fingerprint density at radius 3 is 3.07 bits per heavy atom. The Morgan fingerprint density at radius 1 is 1.50 bits per heavy atom. The molecule has 1 heterocycles. The number of aliphatic hydroxyl groups excluding tert-OH is 1. The minimum Gasteiger partial charge on any atom is -0.389 e. The smallest absolute Gasteiger partial charge is 0.0839 e. The number of hydrogen-bond donors (Lipinski definition) is 1. The summed E-state index contributed by atoms with van der Waals surface area (Å²) in [6.07, 6.45) is 7.49. The van der Waals surface area contributed by atoms with E-state index in [1.165, 1.54) is 5.57 Å². The van der Waals surface area contributed by atoms with Gasteiger partial charge in [-0.1, -0.05) is 17.7 Å². The molecule has 0 spiro atoms. The van der Waals surface area contributed by atoms with Crippen LogP contribution in [0.4, 0.5) is 0 Å². The molecule has 1 N–H and O–H groups in total. The Morgan fingerprint density at radius 2 is 2.36 bits per heavy atom. The summed E-state index contributed by atoms with van der Waals surface area (Å²) in [6.45, 7) is 0. The Labute approximate surface area is 83.2 Å². The van der Waals surface area contributed by atoms with Crippen molar-refractivity contribution in [1.29, 1.82) is 0 Å². The first kappa shape index (κ1) is 9.40. The van der Waals surface area contributed by atoms with Gasteiger partial charge in [0.2, 0.25) is 0 Å². The third-order valence-corrected chi connectivity index (χ3v) is 2.63. The van der Waals surface area contributed by atoms with Crippen molar-refractivity contribution in [2.75, 3.05) is 0 Å². The third kappa shape index (κ3) is 1.85. The topological polar surface area (TPSA) is 50.9 Å². The number of aliphatic hydroxyl groups is 1. The molecule has 0 bridgehead atoms.